The van der Waals surface area contributed by atoms with Gasteiger partial charge in [0.05, 0.1) is 0 Å². The Morgan fingerprint density at radius 1 is 1.50 bits per heavy atom. The van der Waals surface area contributed by atoms with Crippen LogP contribution in [0.25, 0.3) is 0 Å². The molecule has 2 rings (SSSR count). The van der Waals surface area contributed by atoms with Crippen LogP contribution in [0.3, 0.4) is 0 Å². The van der Waals surface area contributed by atoms with E-state index in [9.17, 15) is 4.79 Å². The van der Waals surface area contributed by atoms with Crippen LogP contribution in [-0.2, 0) is 4.79 Å². The fourth-order valence-corrected chi connectivity index (χ4v) is 2.18. The van der Waals surface area contributed by atoms with Crippen LogP contribution in [0, 0.1) is 17.8 Å². The Bertz CT molecular complexity index is 162. The van der Waals surface area contributed by atoms with Gasteiger partial charge in [0.15, 0.2) is 0 Å². The molecule has 0 heterocycles. The predicted octanol–water partition coefficient (Wildman–Crippen LogP) is 2.01. The zero-order chi connectivity index (χ0) is 7.14. The zero-order valence-corrected chi connectivity index (χ0v) is 6.47. The number of carbonyl (C=O) groups is 1. The maximum Gasteiger partial charge on any atom is 0.139 e. The summed E-state index contributed by atoms with van der Waals surface area (Å²) in [5.74, 6) is 2.34. The smallest absolute Gasteiger partial charge is 0.139 e. The molecule has 2 aliphatic rings. The van der Waals surface area contributed by atoms with Crippen LogP contribution in [0.1, 0.15) is 32.6 Å². The maximum atomic E-state index is 11.4. The third-order valence-electron chi connectivity index (χ3n) is 3.07. The van der Waals surface area contributed by atoms with Crippen molar-refractivity contribution in [1.29, 1.82) is 0 Å². The number of Topliss-reactive ketones (excluding diaryl/α,β-unsaturated/α-hetero) is 1. The van der Waals surface area contributed by atoms with Gasteiger partial charge in [0.25, 0.3) is 0 Å². The van der Waals surface area contributed by atoms with Gasteiger partial charge in [-0.05, 0) is 31.6 Å². The van der Waals surface area contributed by atoms with Crippen LogP contribution in [0.2, 0.25) is 0 Å². The molecule has 0 aliphatic heterocycles. The van der Waals surface area contributed by atoms with E-state index in [4.69, 9.17) is 0 Å². The van der Waals surface area contributed by atoms with Crippen LogP contribution in [0.4, 0.5) is 0 Å². The Morgan fingerprint density at radius 3 is 3.00 bits per heavy atom. The molecule has 3 atom stereocenters. The van der Waals surface area contributed by atoms with Crippen molar-refractivity contribution in [3.63, 3.8) is 0 Å². The van der Waals surface area contributed by atoms with Gasteiger partial charge < -0.3 is 0 Å². The van der Waals surface area contributed by atoms with Gasteiger partial charge in [0.2, 0.25) is 0 Å². The highest BCUT2D eigenvalue weighted by molar-refractivity contribution is 5.86. The lowest BCUT2D eigenvalue weighted by Gasteiger charge is -2.17. The Hall–Kier alpha value is -0.330. The first kappa shape index (κ1) is 6.38. The van der Waals surface area contributed by atoms with E-state index in [1.165, 1.54) is 19.3 Å². The van der Waals surface area contributed by atoms with Gasteiger partial charge in [-0.15, -0.1) is 0 Å². The molecule has 2 aliphatic carbocycles. The van der Waals surface area contributed by atoms with E-state index in [0.717, 1.165) is 12.3 Å². The molecular formula is C9H14O. The molecule has 0 saturated heterocycles. The van der Waals surface area contributed by atoms with E-state index in [1.807, 2.05) is 0 Å². The Labute approximate surface area is 61.8 Å². The molecule has 10 heavy (non-hydrogen) atoms. The van der Waals surface area contributed by atoms with E-state index in [-0.39, 0.29) is 0 Å². The predicted molar refractivity (Wildman–Crippen MR) is 39.6 cm³/mol. The van der Waals surface area contributed by atoms with E-state index in [1.54, 1.807) is 0 Å². The van der Waals surface area contributed by atoms with Gasteiger partial charge in [-0.25, -0.2) is 0 Å². The van der Waals surface area contributed by atoms with Gasteiger partial charge in [-0.3, -0.25) is 4.79 Å². The standard InChI is InChI=1S/C9H14O/c1-2-6-3-4-7-5-8(7)9(6)10/h6-8H,2-5H2,1H3/t6-,7-,8-/m0/s1. The minimum absolute atomic E-state index is 0.434. The first-order chi connectivity index (χ1) is 4.83. The average Bonchev–Trinajstić information content (AvgIpc) is 2.68. The Kier molecular flexibility index (Phi) is 1.33. The fourth-order valence-electron chi connectivity index (χ4n) is 2.18. The number of carbonyl (C=O) groups excluding carboxylic acids is 1. The summed E-state index contributed by atoms with van der Waals surface area (Å²) in [6, 6.07) is 0. The van der Waals surface area contributed by atoms with Crippen molar-refractivity contribution in [3.05, 3.63) is 0 Å². The average molecular weight is 138 g/mol. The molecule has 0 aromatic carbocycles. The van der Waals surface area contributed by atoms with Crippen molar-refractivity contribution >= 4 is 5.78 Å². The summed E-state index contributed by atoms with van der Waals surface area (Å²) in [5.41, 5.74) is 0. The normalized spacial score (nSPS) is 44.9. The third kappa shape index (κ3) is 0.799. The van der Waals surface area contributed by atoms with Crippen molar-refractivity contribution in [2.75, 3.05) is 0 Å². The third-order valence-corrected chi connectivity index (χ3v) is 3.07. The maximum absolute atomic E-state index is 11.4. The minimum atomic E-state index is 0.434. The molecule has 0 spiro atoms. The lowest BCUT2D eigenvalue weighted by molar-refractivity contribution is -0.125. The molecule has 0 aromatic heterocycles. The van der Waals surface area contributed by atoms with Crippen LogP contribution < -0.4 is 0 Å². The van der Waals surface area contributed by atoms with Crippen molar-refractivity contribution in [3.8, 4) is 0 Å². The van der Waals surface area contributed by atoms with Gasteiger partial charge in [0.1, 0.15) is 5.78 Å². The summed E-state index contributed by atoms with van der Waals surface area (Å²) >= 11 is 0. The molecule has 1 nitrogen and oxygen atoms in total. The number of fused-ring (bicyclic) bond motifs is 1. The highest BCUT2D eigenvalue weighted by atomic mass is 16.1. The van der Waals surface area contributed by atoms with Crippen molar-refractivity contribution in [2.24, 2.45) is 17.8 Å². The number of hydrogen-bond acceptors (Lipinski definition) is 1. The summed E-state index contributed by atoms with van der Waals surface area (Å²) in [5, 5.41) is 0. The second-order valence-corrected chi connectivity index (χ2v) is 3.69. The largest absolute Gasteiger partial charge is 0.299 e. The molecule has 0 amide bonds. The van der Waals surface area contributed by atoms with Crippen LogP contribution in [-0.4, -0.2) is 5.78 Å². The monoisotopic (exact) mass is 138 g/mol. The first-order valence-electron chi connectivity index (χ1n) is 4.36. The van der Waals surface area contributed by atoms with Crippen LogP contribution in [0.15, 0.2) is 0 Å². The second kappa shape index (κ2) is 2.08. The number of rotatable bonds is 1. The topological polar surface area (TPSA) is 17.1 Å². The van der Waals surface area contributed by atoms with Gasteiger partial charge in [0, 0.05) is 11.8 Å². The Balaban J connectivity index is 2.04. The van der Waals surface area contributed by atoms with Crippen molar-refractivity contribution < 1.29 is 4.79 Å². The minimum Gasteiger partial charge on any atom is -0.299 e. The van der Waals surface area contributed by atoms with Gasteiger partial charge in [-0.1, -0.05) is 6.92 Å². The fraction of sp³-hybridized carbons (Fsp3) is 0.889. The van der Waals surface area contributed by atoms with E-state index >= 15 is 0 Å². The van der Waals surface area contributed by atoms with Crippen molar-refractivity contribution in [2.45, 2.75) is 32.6 Å². The molecule has 1 heteroatoms. The zero-order valence-electron chi connectivity index (χ0n) is 6.47. The molecule has 2 fully saturated rings. The highest BCUT2D eigenvalue weighted by Crippen LogP contribution is 2.49. The summed E-state index contributed by atoms with van der Waals surface area (Å²) in [6.07, 6.45) is 4.79. The number of ketones is 1. The lowest BCUT2D eigenvalue weighted by atomic mass is 9.86. The quantitative estimate of drug-likeness (QED) is 0.541. The molecule has 0 radical (unpaired) electrons. The molecule has 56 valence electrons. The molecule has 0 aromatic rings. The Morgan fingerprint density at radius 2 is 2.30 bits per heavy atom. The first-order valence-corrected chi connectivity index (χ1v) is 4.36. The molecule has 2 saturated carbocycles. The van der Waals surface area contributed by atoms with E-state index in [2.05, 4.69) is 6.92 Å². The van der Waals surface area contributed by atoms with Crippen molar-refractivity contribution in [1.82, 2.24) is 0 Å². The van der Waals surface area contributed by atoms with E-state index in [0.29, 0.717) is 17.6 Å². The second-order valence-electron chi connectivity index (χ2n) is 3.69. The highest BCUT2D eigenvalue weighted by Gasteiger charge is 2.47. The molecule has 0 unspecified atom stereocenters. The van der Waals surface area contributed by atoms with Gasteiger partial charge >= 0.3 is 0 Å². The molecule has 0 bridgehead atoms. The summed E-state index contributed by atoms with van der Waals surface area (Å²) in [6.45, 7) is 2.13. The van der Waals surface area contributed by atoms with Gasteiger partial charge in [-0.2, -0.15) is 0 Å². The van der Waals surface area contributed by atoms with E-state index < -0.39 is 0 Å². The van der Waals surface area contributed by atoms with Crippen LogP contribution >= 0.6 is 0 Å². The van der Waals surface area contributed by atoms with Crippen LogP contribution in [0.5, 0.6) is 0 Å². The summed E-state index contributed by atoms with van der Waals surface area (Å²) < 4.78 is 0. The summed E-state index contributed by atoms with van der Waals surface area (Å²) in [4.78, 5) is 11.4. The SMILES string of the molecule is CC[C@H]1CC[C@H]2C[C@@H]2C1=O. The summed E-state index contributed by atoms with van der Waals surface area (Å²) in [7, 11) is 0. The lowest BCUT2D eigenvalue weighted by Crippen LogP contribution is -2.20. The molecule has 0 N–H and O–H groups in total. The molecular weight excluding hydrogens is 124 g/mol. The number of hydrogen-bond donors (Lipinski definition) is 0.